The number of hydrogen-bond donors (Lipinski definition) is 0. The highest BCUT2D eigenvalue weighted by Gasteiger charge is 2.14. The van der Waals surface area contributed by atoms with Crippen molar-refractivity contribution >= 4 is 17.1 Å². The van der Waals surface area contributed by atoms with Gasteiger partial charge in [0.1, 0.15) is 11.5 Å². The molecule has 3 heteroatoms. The minimum atomic E-state index is 0.762. The van der Waals surface area contributed by atoms with E-state index in [1.165, 1.54) is 5.56 Å². The molecular weight excluding hydrogens is 298 g/mol. The fraction of sp³-hybridized carbons (Fsp3) is 0.143. The second-order valence-corrected chi connectivity index (χ2v) is 5.58. The maximum atomic E-state index is 5.44. The number of ether oxygens (including phenoxy) is 2. The van der Waals surface area contributed by atoms with E-state index in [4.69, 9.17) is 9.47 Å². The Morgan fingerprint density at radius 1 is 0.625 bits per heavy atom. The molecule has 0 N–H and O–H groups in total. The first kappa shape index (κ1) is 15.9. The highest BCUT2D eigenvalue weighted by atomic mass is 16.5. The van der Waals surface area contributed by atoms with Gasteiger partial charge in [0.05, 0.1) is 19.9 Å². The van der Waals surface area contributed by atoms with Crippen molar-refractivity contribution in [1.29, 1.82) is 0 Å². The normalized spacial score (nSPS) is 10.3. The first-order valence-corrected chi connectivity index (χ1v) is 7.86. The Balaban J connectivity index is 2.18. The van der Waals surface area contributed by atoms with Crippen LogP contribution in [0.15, 0.2) is 72.8 Å². The van der Waals surface area contributed by atoms with Crippen LogP contribution in [0.25, 0.3) is 0 Å². The Bertz CT molecular complexity index is 793. The van der Waals surface area contributed by atoms with Crippen LogP contribution >= 0.6 is 0 Å². The van der Waals surface area contributed by atoms with Gasteiger partial charge < -0.3 is 14.4 Å². The molecule has 0 atom stereocenters. The third kappa shape index (κ3) is 3.35. The fourth-order valence-corrected chi connectivity index (χ4v) is 2.71. The van der Waals surface area contributed by atoms with Crippen molar-refractivity contribution in [3.8, 4) is 11.5 Å². The van der Waals surface area contributed by atoms with Crippen LogP contribution in [0.5, 0.6) is 11.5 Å². The molecule has 0 aliphatic heterocycles. The van der Waals surface area contributed by atoms with Crippen LogP contribution in [-0.2, 0) is 0 Å². The van der Waals surface area contributed by atoms with Crippen molar-refractivity contribution in [1.82, 2.24) is 0 Å². The molecule has 3 aromatic rings. The molecule has 0 aromatic heterocycles. The number of anilines is 3. The summed E-state index contributed by atoms with van der Waals surface area (Å²) in [6, 6.07) is 24.6. The van der Waals surface area contributed by atoms with Crippen molar-refractivity contribution in [2.24, 2.45) is 0 Å². The monoisotopic (exact) mass is 319 g/mol. The largest absolute Gasteiger partial charge is 0.497 e. The molecule has 0 saturated heterocycles. The summed E-state index contributed by atoms with van der Waals surface area (Å²) in [5.74, 6) is 1.52. The molecular formula is C21H21NO2. The summed E-state index contributed by atoms with van der Waals surface area (Å²) in [6.45, 7) is 2.10. The van der Waals surface area contributed by atoms with Crippen LogP contribution in [0.4, 0.5) is 17.1 Å². The second kappa shape index (κ2) is 7.09. The molecule has 24 heavy (non-hydrogen) atoms. The van der Waals surface area contributed by atoms with E-state index in [1.54, 1.807) is 14.2 Å². The molecule has 122 valence electrons. The van der Waals surface area contributed by atoms with Crippen molar-refractivity contribution in [2.45, 2.75) is 6.92 Å². The second-order valence-electron chi connectivity index (χ2n) is 5.58. The fourth-order valence-electron chi connectivity index (χ4n) is 2.71. The summed E-state index contributed by atoms with van der Waals surface area (Å²) in [4.78, 5) is 2.19. The summed E-state index contributed by atoms with van der Waals surface area (Å²) in [5, 5.41) is 0. The molecule has 3 nitrogen and oxygen atoms in total. The van der Waals surface area contributed by atoms with Crippen LogP contribution in [-0.4, -0.2) is 14.2 Å². The predicted octanol–water partition coefficient (Wildman–Crippen LogP) is 5.48. The maximum absolute atomic E-state index is 5.44. The van der Waals surface area contributed by atoms with E-state index >= 15 is 0 Å². The zero-order valence-electron chi connectivity index (χ0n) is 14.2. The van der Waals surface area contributed by atoms with Gasteiger partial charge in [-0.1, -0.05) is 30.3 Å². The molecule has 3 aromatic carbocycles. The van der Waals surface area contributed by atoms with Crippen LogP contribution in [0.1, 0.15) is 5.56 Å². The van der Waals surface area contributed by atoms with Gasteiger partial charge in [0.15, 0.2) is 0 Å². The minimum absolute atomic E-state index is 0.762. The Morgan fingerprint density at radius 3 is 1.83 bits per heavy atom. The quantitative estimate of drug-likeness (QED) is 0.621. The molecule has 0 heterocycles. The van der Waals surface area contributed by atoms with Crippen LogP contribution in [0, 0.1) is 6.92 Å². The number of nitrogens with zero attached hydrogens (tertiary/aromatic N) is 1. The summed E-state index contributed by atoms with van der Waals surface area (Å²) in [7, 11) is 3.33. The first-order valence-electron chi connectivity index (χ1n) is 7.86. The number of methoxy groups -OCH3 is 2. The molecule has 3 rings (SSSR count). The smallest absolute Gasteiger partial charge is 0.124 e. The summed E-state index contributed by atoms with van der Waals surface area (Å²) in [6.07, 6.45) is 0. The lowest BCUT2D eigenvalue weighted by Gasteiger charge is -2.26. The van der Waals surface area contributed by atoms with Crippen molar-refractivity contribution in [2.75, 3.05) is 19.1 Å². The van der Waals surface area contributed by atoms with Gasteiger partial charge in [-0.2, -0.15) is 0 Å². The summed E-state index contributed by atoms with van der Waals surface area (Å²) >= 11 is 0. The maximum Gasteiger partial charge on any atom is 0.124 e. The highest BCUT2D eigenvalue weighted by molar-refractivity contribution is 5.78. The Morgan fingerprint density at radius 2 is 1.25 bits per heavy atom. The molecule has 0 aliphatic rings. The topological polar surface area (TPSA) is 21.7 Å². The van der Waals surface area contributed by atoms with Gasteiger partial charge in [-0.15, -0.1) is 0 Å². The van der Waals surface area contributed by atoms with Crippen LogP contribution < -0.4 is 14.4 Å². The average molecular weight is 319 g/mol. The predicted molar refractivity (Wildman–Crippen MR) is 99.0 cm³/mol. The number of rotatable bonds is 5. The van der Waals surface area contributed by atoms with Gasteiger partial charge in [-0.25, -0.2) is 0 Å². The standard InChI is InChI=1S/C21H21NO2/c1-16-8-7-11-18(12-16)22(17-9-5-4-6-10-17)19-13-20(23-2)15-21(14-19)24-3/h4-15H,1-3H3. The van der Waals surface area contributed by atoms with E-state index in [-0.39, 0.29) is 0 Å². The van der Waals surface area contributed by atoms with Gasteiger partial charge in [0.25, 0.3) is 0 Å². The number of hydrogen-bond acceptors (Lipinski definition) is 3. The Labute approximate surface area is 143 Å². The number of aryl methyl sites for hydroxylation is 1. The van der Waals surface area contributed by atoms with Crippen molar-refractivity contribution in [3.63, 3.8) is 0 Å². The van der Waals surface area contributed by atoms with E-state index < -0.39 is 0 Å². The van der Waals surface area contributed by atoms with Crippen molar-refractivity contribution < 1.29 is 9.47 Å². The average Bonchev–Trinajstić information content (AvgIpc) is 2.62. The van der Waals surface area contributed by atoms with Gasteiger partial charge >= 0.3 is 0 Å². The van der Waals surface area contributed by atoms with E-state index in [0.29, 0.717) is 0 Å². The number of para-hydroxylation sites is 1. The van der Waals surface area contributed by atoms with E-state index in [0.717, 1.165) is 28.6 Å². The lowest BCUT2D eigenvalue weighted by atomic mass is 10.1. The molecule has 0 spiro atoms. The molecule has 0 unspecified atom stereocenters. The molecule has 0 fully saturated rings. The van der Waals surface area contributed by atoms with E-state index in [1.807, 2.05) is 36.4 Å². The lowest BCUT2D eigenvalue weighted by Crippen LogP contribution is -2.10. The third-order valence-corrected chi connectivity index (χ3v) is 3.87. The van der Waals surface area contributed by atoms with Gasteiger partial charge in [-0.3, -0.25) is 0 Å². The molecule has 0 radical (unpaired) electrons. The third-order valence-electron chi connectivity index (χ3n) is 3.87. The van der Waals surface area contributed by atoms with E-state index in [2.05, 4.69) is 48.2 Å². The molecule has 0 bridgehead atoms. The van der Waals surface area contributed by atoms with E-state index in [9.17, 15) is 0 Å². The number of benzene rings is 3. The Kier molecular flexibility index (Phi) is 4.71. The zero-order valence-corrected chi connectivity index (χ0v) is 14.2. The summed E-state index contributed by atoms with van der Waals surface area (Å²) < 4.78 is 10.9. The zero-order chi connectivity index (χ0) is 16.9. The van der Waals surface area contributed by atoms with Crippen LogP contribution in [0.2, 0.25) is 0 Å². The lowest BCUT2D eigenvalue weighted by molar-refractivity contribution is 0.394. The Hall–Kier alpha value is -2.94. The van der Waals surface area contributed by atoms with Gasteiger partial charge in [0, 0.05) is 29.6 Å². The van der Waals surface area contributed by atoms with Gasteiger partial charge in [-0.05, 0) is 36.8 Å². The minimum Gasteiger partial charge on any atom is -0.497 e. The van der Waals surface area contributed by atoms with Crippen LogP contribution in [0.3, 0.4) is 0 Å². The summed E-state index contributed by atoms with van der Waals surface area (Å²) in [5.41, 5.74) is 4.38. The molecule has 0 saturated carbocycles. The molecule has 0 aliphatic carbocycles. The molecule has 0 amide bonds. The van der Waals surface area contributed by atoms with Gasteiger partial charge in [0.2, 0.25) is 0 Å². The SMILES string of the molecule is COc1cc(OC)cc(N(c2ccccc2)c2cccc(C)c2)c1. The van der Waals surface area contributed by atoms with Crippen molar-refractivity contribution in [3.05, 3.63) is 78.4 Å². The highest BCUT2D eigenvalue weighted by Crippen LogP contribution is 2.38. The first-order chi connectivity index (χ1) is 11.7.